The van der Waals surface area contributed by atoms with Gasteiger partial charge in [-0.2, -0.15) is 0 Å². The Morgan fingerprint density at radius 2 is 1.68 bits per heavy atom. The molecular weight excluding hydrogens is 449 g/mol. The van der Waals surface area contributed by atoms with Crippen LogP contribution in [0.1, 0.15) is 16.7 Å². The van der Waals surface area contributed by atoms with E-state index in [2.05, 4.69) is 42.2 Å². The predicted molar refractivity (Wildman–Crippen MR) is 129 cm³/mol. The number of hydrogen-bond acceptors (Lipinski definition) is 4. The van der Waals surface area contributed by atoms with Crippen molar-refractivity contribution in [3.8, 4) is 22.8 Å². The quantitative estimate of drug-likeness (QED) is 0.281. The normalized spacial score (nSPS) is 11.0. The maximum absolute atomic E-state index is 6.32. The van der Waals surface area contributed by atoms with Gasteiger partial charge < -0.3 is 4.74 Å². The van der Waals surface area contributed by atoms with E-state index in [1.807, 2.05) is 41.0 Å². The number of ether oxygens (including phenoxy) is 1. The van der Waals surface area contributed by atoms with Crippen LogP contribution in [0.25, 0.3) is 17.1 Å². The van der Waals surface area contributed by atoms with Gasteiger partial charge >= 0.3 is 0 Å². The Morgan fingerprint density at radius 3 is 2.39 bits per heavy atom. The molecule has 4 nitrogen and oxygen atoms in total. The third-order valence-corrected chi connectivity index (χ3v) is 6.72. The van der Waals surface area contributed by atoms with Crippen molar-refractivity contribution in [3.05, 3.63) is 87.4 Å². The summed E-state index contributed by atoms with van der Waals surface area (Å²) >= 11 is 14.1. The monoisotopic (exact) mass is 469 g/mol. The summed E-state index contributed by atoms with van der Waals surface area (Å²) in [7, 11) is 1.65. The lowest BCUT2D eigenvalue weighted by Crippen LogP contribution is -2.00. The second kappa shape index (κ2) is 9.35. The Hall–Kier alpha value is -2.47. The number of halogens is 2. The van der Waals surface area contributed by atoms with Gasteiger partial charge in [-0.3, -0.25) is 4.57 Å². The minimum atomic E-state index is 0.485. The van der Waals surface area contributed by atoms with Crippen LogP contribution >= 0.6 is 35.0 Å². The first kappa shape index (κ1) is 21.8. The highest BCUT2D eigenvalue weighted by Crippen LogP contribution is 2.33. The molecule has 0 saturated carbocycles. The van der Waals surface area contributed by atoms with E-state index in [1.54, 1.807) is 24.9 Å². The topological polar surface area (TPSA) is 39.9 Å². The van der Waals surface area contributed by atoms with Crippen LogP contribution in [0.3, 0.4) is 0 Å². The molecule has 0 spiro atoms. The summed E-state index contributed by atoms with van der Waals surface area (Å²) in [5, 5.41) is 10.8. The Morgan fingerprint density at radius 1 is 0.903 bits per heavy atom. The molecule has 1 heterocycles. The lowest BCUT2D eigenvalue weighted by molar-refractivity contribution is 0.415. The molecule has 1 aromatic heterocycles. The van der Waals surface area contributed by atoms with Crippen LogP contribution in [0.4, 0.5) is 0 Å². The average molecular weight is 470 g/mol. The highest BCUT2D eigenvalue weighted by atomic mass is 35.5. The maximum Gasteiger partial charge on any atom is 0.196 e. The molecule has 31 heavy (non-hydrogen) atoms. The zero-order chi connectivity index (χ0) is 22.0. The number of benzene rings is 3. The van der Waals surface area contributed by atoms with E-state index in [4.69, 9.17) is 27.9 Å². The molecular formula is C24H21Cl2N3OS. The molecule has 0 aliphatic rings. The Balaban J connectivity index is 1.76. The molecule has 0 aliphatic heterocycles. The van der Waals surface area contributed by atoms with Crippen LogP contribution in [-0.4, -0.2) is 21.9 Å². The summed E-state index contributed by atoms with van der Waals surface area (Å²) in [5.74, 6) is 2.30. The third-order valence-electron chi connectivity index (χ3n) is 5.00. The third kappa shape index (κ3) is 4.74. The molecule has 0 amide bonds. The molecule has 0 saturated heterocycles. The summed E-state index contributed by atoms with van der Waals surface area (Å²) in [6, 6.07) is 19.8. The molecule has 3 aromatic carbocycles. The van der Waals surface area contributed by atoms with Gasteiger partial charge in [0.05, 0.1) is 22.8 Å². The lowest BCUT2D eigenvalue weighted by Gasteiger charge is -2.12. The van der Waals surface area contributed by atoms with Gasteiger partial charge in [-0.25, -0.2) is 0 Å². The molecule has 0 atom stereocenters. The number of aromatic nitrogens is 3. The molecule has 4 rings (SSSR count). The van der Waals surface area contributed by atoms with Gasteiger partial charge in [0, 0.05) is 11.3 Å². The minimum absolute atomic E-state index is 0.485. The average Bonchev–Trinajstić information content (AvgIpc) is 3.20. The van der Waals surface area contributed by atoms with E-state index < -0.39 is 0 Å². The van der Waals surface area contributed by atoms with Crippen LogP contribution in [0.15, 0.2) is 65.8 Å². The number of thioether (sulfide) groups is 1. The van der Waals surface area contributed by atoms with E-state index in [1.165, 1.54) is 16.7 Å². The molecule has 7 heteroatoms. The van der Waals surface area contributed by atoms with E-state index >= 15 is 0 Å². The highest BCUT2D eigenvalue weighted by molar-refractivity contribution is 7.98. The van der Waals surface area contributed by atoms with E-state index in [0.717, 1.165) is 33.7 Å². The first-order valence-electron chi connectivity index (χ1n) is 9.70. The smallest absolute Gasteiger partial charge is 0.196 e. The van der Waals surface area contributed by atoms with Gasteiger partial charge in [0.1, 0.15) is 5.75 Å². The van der Waals surface area contributed by atoms with Crippen molar-refractivity contribution in [3.63, 3.8) is 0 Å². The van der Waals surface area contributed by atoms with E-state index in [-0.39, 0.29) is 0 Å². The van der Waals surface area contributed by atoms with Crippen molar-refractivity contribution < 1.29 is 4.74 Å². The predicted octanol–water partition coefficient (Wildman–Crippen LogP) is 7.16. The fourth-order valence-corrected chi connectivity index (χ4v) is 4.55. The van der Waals surface area contributed by atoms with Gasteiger partial charge in [-0.1, -0.05) is 58.7 Å². The minimum Gasteiger partial charge on any atom is -0.497 e. The number of nitrogens with zero attached hydrogens (tertiary/aromatic N) is 3. The first-order valence-corrected chi connectivity index (χ1v) is 11.4. The molecule has 158 valence electrons. The molecule has 0 N–H and O–H groups in total. The van der Waals surface area contributed by atoms with E-state index in [9.17, 15) is 0 Å². The fourth-order valence-electron chi connectivity index (χ4n) is 3.25. The van der Waals surface area contributed by atoms with Crippen molar-refractivity contribution in [2.24, 2.45) is 0 Å². The second-order valence-corrected chi connectivity index (χ2v) is 8.94. The second-order valence-electron chi connectivity index (χ2n) is 7.19. The summed E-state index contributed by atoms with van der Waals surface area (Å²) in [4.78, 5) is 0. The molecule has 0 fully saturated rings. The molecule has 0 radical (unpaired) electrons. The van der Waals surface area contributed by atoms with Crippen LogP contribution in [0.2, 0.25) is 10.0 Å². The summed E-state index contributed by atoms with van der Waals surface area (Å²) in [5.41, 5.74) is 5.56. The summed E-state index contributed by atoms with van der Waals surface area (Å²) in [6.45, 7) is 4.23. The van der Waals surface area contributed by atoms with Gasteiger partial charge in [-0.15, -0.1) is 10.2 Å². The zero-order valence-electron chi connectivity index (χ0n) is 17.4. The van der Waals surface area contributed by atoms with Gasteiger partial charge in [-0.05, 0) is 67.4 Å². The lowest BCUT2D eigenvalue weighted by atomic mass is 10.1. The fraction of sp³-hybridized carbons (Fsp3) is 0.167. The zero-order valence-corrected chi connectivity index (χ0v) is 19.7. The standard InChI is InChI=1S/C24H21Cl2N3OS/c1-15-4-5-16(2)18(12-15)14-31-24-28-27-23(17-6-9-20(30-3)10-7-17)29(24)19-8-11-21(25)22(26)13-19/h4-13H,14H2,1-3H3. The van der Waals surface area contributed by atoms with E-state index in [0.29, 0.717) is 10.0 Å². The number of rotatable bonds is 6. The first-order chi connectivity index (χ1) is 15.0. The van der Waals surface area contributed by atoms with Crippen LogP contribution < -0.4 is 4.74 Å². The van der Waals surface area contributed by atoms with Crippen molar-refractivity contribution in [1.29, 1.82) is 0 Å². The van der Waals surface area contributed by atoms with Crippen LogP contribution in [0, 0.1) is 13.8 Å². The molecule has 4 aromatic rings. The SMILES string of the molecule is COc1ccc(-c2nnc(SCc3cc(C)ccc3C)n2-c2ccc(Cl)c(Cl)c2)cc1. The van der Waals surface area contributed by atoms with Crippen molar-refractivity contribution >= 4 is 35.0 Å². The van der Waals surface area contributed by atoms with Gasteiger partial charge in [0.15, 0.2) is 11.0 Å². The van der Waals surface area contributed by atoms with Crippen molar-refractivity contribution in [1.82, 2.24) is 14.8 Å². The van der Waals surface area contributed by atoms with Crippen LogP contribution in [0.5, 0.6) is 5.75 Å². The molecule has 0 aliphatic carbocycles. The number of hydrogen-bond donors (Lipinski definition) is 0. The van der Waals surface area contributed by atoms with Crippen molar-refractivity contribution in [2.45, 2.75) is 24.8 Å². The largest absolute Gasteiger partial charge is 0.497 e. The molecule has 0 unspecified atom stereocenters. The van der Waals surface area contributed by atoms with Crippen molar-refractivity contribution in [2.75, 3.05) is 7.11 Å². The summed E-state index contributed by atoms with van der Waals surface area (Å²) in [6.07, 6.45) is 0. The maximum atomic E-state index is 6.32. The van der Waals surface area contributed by atoms with Gasteiger partial charge in [0.2, 0.25) is 0 Å². The highest BCUT2D eigenvalue weighted by Gasteiger charge is 2.17. The Kier molecular flexibility index (Phi) is 6.56. The number of aryl methyl sites for hydroxylation is 2. The summed E-state index contributed by atoms with van der Waals surface area (Å²) < 4.78 is 7.30. The Bertz CT molecular complexity index is 1220. The van der Waals surface area contributed by atoms with Crippen LogP contribution in [-0.2, 0) is 5.75 Å². The van der Waals surface area contributed by atoms with Gasteiger partial charge in [0.25, 0.3) is 0 Å². The molecule has 0 bridgehead atoms. The number of methoxy groups -OCH3 is 1. The Labute approximate surface area is 196 Å².